The van der Waals surface area contributed by atoms with Crippen LogP contribution in [0.25, 0.3) is 0 Å². The molecule has 3 aromatic rings. The Bertz CT molecular complexity index is 2260. The van der Waals surface area contributed by atoms with Crippen molar-refractivity contribution in [1.29, 1.82) is 0 Å². The van der Waals surface area contributed by atoms with Crippen molar-refractivity contribution in [2.24, 2.45) is 29.1 Å². The second-order valence-electron chi connectivity index (χ2n) is 18.4. The zero-order chi connectivity index (χ0) is 47.4. The molecule has 14 nitrogen and oxygen atoms in total. The van der Waals surface area contributed by atoms with E-state index in [0.717, 1.165) is 6.92 Å². The van der Waals surface area contributed by atoms with Gasteiger partial charge in [0.25, 0.3) is 5.91 Å². The fourth-order valence-corrected chi connectivity index (χ4v) is 10.9. The van der Waals surface area contributed by atoms with Gasteiger partial charge < -0.3 is 39.2 Å². The van der Waals surface area contributed by atoms with Crippen LogP contribution in [-0.4, -0.2) is 95.1 Å². The number of nitrogens with one attached hydrogen (secondary N) is 1. The van der Waals surface area contributed by atoms with Gasteiger partial charge >= 0.3 is 23.9 Å². The van der Waals surface area contributed by atoms with Crippen LogP contribution in [0.15, 0.2) is 102 Å². The number of aliphatic hydroxyl groups is 2. The molecule has 3 aliphatic carbocycles. The number of hydrogen-bond donors (Lipinski definition) is 3. The molecule has 0 spiro atoms. The summed E-state index contributed by atoms with van der Waals surface area (Å²) in [7, 11) is 1.29. The molecule has 2 saturated carbocycles. The molecular weight excluding hydrogens is 835 g/mol. The summed E-state index contributed by atoms with van der Waals surface area (Å²) in [4.78, 5) is 83.7. The fraction of sp³-hybridized carbons (Fsp3) is 0.490. The summed E-state index contributed by atoms with van der Waals surface area (Å²) in [6, 6.07) is 24.2. The molecule has 65 heavy (non-hydrogen) atoms. The Morgan fingerprint density at radius 2 is 1.42 bits per heavy atom. The lowest BCUT2D eigenvalue weighted by Gasteiger charge is -2.61. The Kier molecular flexibility index (Phi) is 14.9. The van der Waals surface area contributed by atoms with Crippen molar-refractivity contribution in [2.45, 2.75) is 116 Å². The predicted molar refractivity (Wildman–Crippen MR) is 237 cm³/mol. The van der Waals surface area contributed by atoms with E-state index in [1.165, 1.54) is 14.0 Å². The number of fused-ring (bicyclic) bond motifs is 3. The summed E-state index contributed by atoms with van der Waals surface area (Å²) < 4.78 is 30.9. The number of amides is 1. The molecule has 6 rings (SSSR count). The molecule has 3 aromatic carbocycles. The molecule has 0 heterocycles. The number of carbonyl (C=O) groups excluding carboxylic acids is 6. The highest BCUT2D eigenvalue weighted by Gasteiger charge is 2.68. The standard InChI is InChI=1S/C51H61NO13/c1-29-26-30(2)50(28-53,65-33(5)55)41-37(29)24-25-38(56)43(62-32(4)54)40-31(3)39(27-51(60,49(40,6)7)45(41)64-47(58)36-22-16-11-17-23-36)63-48(59)44(61-8)42(34-18-12-9-13-19-34)52-46(57)35-20-14-10-15-21-35/h9-23,29-30,37,39,41-45,53,60H,24-28H2,1-8H3,(H,52,57)/t29-,30+,37-,39-,41?,42?,43-,44+,45-,50-,51+/m0/s1. The van der Waals surface area contributed by atoms with Gasteiger partial charge in [-0.1, -0.05) is 94.4 Å². The number of esters is 4. The van der Waals surface area contributed by atoms with Gasteiger partial charge in [-0.05, 0) is 78.5 Å². The molecule has 11 atom stereocenters. The van der Waals surface area contributed by atoms with Gasteiger partial charge in [0.2, 0.25) is 0 Å². The van der Waals surface area contributed by atoms with Crippen molar-refractivity contribution in [3.8, 4) is 0 Å². The maximum Gasteiger partial charge on any atom is 0.338 e. The Balaban J connectivity index is 1.56. The van der Waals surface area contributed by atoms with Gasteiger partial charge in [-0.3, -0.25) is 19.2 Å². The van der Waals surface area contributed by atoms with Crippen molar-refractivity contribution in [2.75, 3.05) is 13.7 Å². The molecule has 1 amide bonds. The summed E-state index contributed by atoms with van der Waals surface area (Å²) in [5.41, 5.74) is -4.29. The van der Waals surface area contributed by atoms with Crippen LogP contribution in [0.5, 0.6) is 0 Å². The predicted octanol–water partition coefficient (Wildman–Crippen LogP) is 6.28. The number of carbonyl (C=O) groups is 6. The minimum Gasteiger partial charge on any atom is -0.456 e. The van der Waals surface area contributed by atoms with E-state index in [0.29, 0.717) is 17.5 Å². The number of aliphatic hydroxyl groups excluding tert-OH is 1. The maximum absolute atomic E-state index is 14.8. The summed E-state index contributed by atoms with van der Waals surface area (Å²) in [5.74, 6) is -6.80. The van der Waals surface area contributed by atoms with E-state index in [1.807, 2.05) is 13.8 Å². The number of ketones is 1. The van der Waals surface area contributed by atoms with Gasteiger partial charge in [-0.25, -0.2) is 9.59 Å². The second kappa shape index (κ2) is 19.8. The molecular formula is C51H61NO13. The monoisotopic (exact) mass is 895 g/mol. The molecule has 0 saturated heterocycles. The van der Waals surface area contributed by atoms with Crippen LogP contribution in [0.4, 0.5) is 0 Å². The van der Waals surface area contributed by atoms with Crippen molar-refractivity contribution >= 4 is 35.6 Å². The largest absolute Gasteiger partial charge is 0.456 e. The highest BCUT2D eigenvalue weighted by molar-refractivity contribution is 5.95. The van der Waals surface area contributed by atoms with E-state index in [-0.39, 0.29) is 35.5 Å². The van der Waals surface area contributed by atoms with Crippen LogP contribution in [0.3, 0.4) is 0 Å². The van der Waals surface area contributed by atoms with Crippen LogP contribution in [0.2, 0.25) is 0 Å². The quantitative estimate of drug-likeness (QED) is 0.104. The number of rotatable bonds is 12. The van der Waals surface area contributed by atoms with E-state index in [1.54, 1.807) is 112 Å². The third-order valence-electron chi connectivity index (χ3n) is 14.2. The topological polar surface area (TPSA) is 201 Å². The van der Waals surface area contributed by atoms with E-state index in [9.17, 15) is 39.0 Å². The molecule has 2 fully saturated rings. The summed E-state index contributed by atoms with van der Waals surface area (Å²) in [5, 5.41) is 28.4. The molecule has 14 heteroatoms. The third kappa shape index (κ3) is 9.52. The Morgan fingerprint density at radius 1 is 0.831 bits per heavy atom. The Labute approximate surface area is 380 Å². The zero-order valence-electron chi connectivity index (χ0n) is 38.3. The lowest BCUT2D eigenvalue weighted by Crippen LogP contribution is -2.71. The minimum atomic E-state index is -2.32. The van der Waals surface area contributed by atoms with E-state index < -0.39 is 113 Å². The van der Waals surface area contributed by atoms with Crippen molar-refractivity contribution in [3.63, 3.8) is 0 Å². The summed E-state index contributed by atoms with van der Waals surface area (Å²) >= 11 is 0. The smallest absolute Gasteiger partial charge is 0.338 e. The first-order valence-electron chi connectivity index (χ1n) is 22.1. The van der Waals surface area contributed by atoms with Crippen LogP contribution in [-0.2, 0) is 42.9 Å². The molecule has 3 aliphatic rings. The third-order valence-corrected chi connectivity index (χ3v) is 14.2. The average Bonchev–Trinajstić information content (AvgIpc) is 3.27. The first kappa shape index (κ1) is 48.7. The average molecular weight is 896 g/mol. The number of hydrogen-bond acceptors (Lipinski definition) is 13. The second-order valence-corrected chi connectivity index (χ2v) is 18.4. The lowest BCUT2D eigenvalue weighted by atomic mass is 9.49. The maximum atomic E-state index is 14.8. The molecule has 2 unspecified atom stereocenters. The highest BCUT2D eigenvalue weighted by atomic mass is 16.6. The molecule has 0 aromatic heterocycles. The van der Waals surface area contributed by atoms with Gasteiger partial charge in [0.1, 0.15) is 23.4 Å². The summed E-state index contributed by atoms with van der Waals surface area (Å²) in [6.07, 6.45) is -6.10. The SMILES string of the molecule is CO[C@@H](C(=O)O[C@H]1C[C@@]2(O)[C@@H](OC(=O)c3ccccc3)C3[C@@H](CCC(=O)[C@H](OC(C)=O)C(=C1C)C2(C)C)[C@@H](C)C[C@@H](C)[C@]3(CO)OC(C)=O)C(NC(=O)c1ccccc1)c1ccccc1. The van der Waals surface area contributed by atoms with Gasteiger partial charge in [0, 0.05) is 50.7 Å². The number of benzene rings is 3. The number of methoxy groups -OCH3 is 1. The van der Waals surface area contributed by atoms with Crippen LogP contribution in [0, 0.1) is 29.1 Å². The first-order chi connectivity index (χ1) is 30.8. The van der Waals surface area contributed by atoms with Gasteiger partial charge in [-0.15, -0.1) is 0 Å². The van der Waals surface area contributed by atoms with Crippen molar-refractivity contribution < 1.29 is 62.7 Å². The van der Waals surface area contributed by atoms with Crippen LogP contribution in [0.1, 0.15) is 106 Å². The molecule has 0 aliphatic heterocycles. The first-order valence-corrected chi connectivity index (χ1v) is 22.1. The molecule has 2 bridgehead atoms. The minimum absolute atomic E-state index is 0.119. The van der Waals surface area contributed by atoms with E-state index in [4.69, 9.17) is 23.7 Å². The van der Waals surface area contributed by atoms with Gasteiger partial charge in [0.15, 0.2) is 18.0 Å². The summed E-state index contributed by atoms with van der Waals surface area (Å²) in [6.45, 7) is 10.3. The van der Waals surface area contributed by atoms with E-state index >= 15 is 0 Å². The van der Waals surface area contributed by atoms with Crippen LogP contribution >= 0.6 is 0 Å². The fourth-order valence-electron chi connectivity index (χ4n) is 10.9. The Morgan fingerprint density at radius 3 is 1.97 bits per heavy atom. The van der Waals surface area contributed by atoms with Crippen molar-refractivity contribution in [3.05, 3.63) is 119 Å². The van der Waals surface area contributed by atoms with E-state index in [2.05, 4.69) is 5.32 Å². The van der Waals surface area contributed by atoms with Crippen LogP contribution < -0.4 is 5.32 Å². The normalized spacial score (nSPS) is 29.5. The number of Topliss-reactive ketones (excluding diaryl/α,β-unsaturated/α-hetero) is 1. The lowest BCUT2D eigenvalue weighted by molar-refractivity contribution is -0.256. The van der Waals surface area contributed by atoms with Gasteiger partial charge in [0.05, 0.1) is 18.2 Å². The molecule has 3 N–H and O–H groups in total. The molecule has 0 radical (unpaired) electrons. The number of ether oxygens (including phenoxy) is 5. The zero-order valence-corrected chi connectivity index (χ0v) is 38.3. The van der Waals surface area contributed by atoms with Crippen molar-refractivity contribution in [1.82, 2.24) is 5.32 Å². The Hall–Kier alpha value is -5.70. The molecule has 348 valence electrons. The highest BCUT2D eigenvalue weighted by Crippen LogP contribution is 2.60. The van der Waals surface area contributed by atoms with Gasteiger partial charge in [-0.2, -0.15) is 0 Å².